The monoisotopic (exact) mass is 646 g/mol. The van der Waals surface area contributed by atoms with Crippen molar-refractivity contribution in [1.82, 2.24) is 14.4 Å². The van der Waals surface area contributed by atoms with Crippen molar-refractivity contribution in [3.05, 3.63) is 83.4 Å². The number of ether oxygens (including phenoxy) is 1. The van der Waals surface area contributed by atoms with Crippen molar-refractivity contribution in [2.75, 3.05) is 13.1 Å². The normalized spacial score (nSPS) is 20.3. The Hall–Kier alpha value is -4.72. The first kappa shape index (κ1) is 33.2. The van der Waals surface area contributed by atoms with Crippen LogP contribution in [0.4, 0.5) is 5.69 Å². The lowest BCUT2D eigenvalue weighted by molar-refractivity contribution is -0.133. The van der Waals surface area contributed by atoms with E-state index in [0.29, 0.717) is 36.2 Å². The second-order valence-electron chi connectivity index (χ2n) is 13.4. The van der Waals surface area contributed by atoms with Crippen LogP contribution in [0.15, 0.2) is 77.3 Å². The zero-order chi connectivity index (χ0) is 34.1. The fourth-order valence-electron chi connectivity index (χ4n) is 7.33. The molecule has 0 spiro atoms. The number of aryl methyl sites for hydroxylation is 1. The highest BCUT2D eigenvalue weighted by molar-refractivity contribution is 6.32. The fraction of sp³-hybridized carbons (Fsp3) is 0.400. The average Bonchev–Trinajstić information content (AvgIpc) is 3.41. The molecule has 8 nitrogen and oxygen atoms in total. The molecule has 0 bridgehead atoms. The summed E-state index contributed by atoms with van der Waals surface area (Å²) in [4.78, 5) is 49.5. The average molecular weight is 647 g/mol. The van der Waals surface area contributed by atoms with E-state index >= 15 is 0 Å². The molecule has 1 saturated carbocycles. The smallest absolute Gasteiger partial charge is 0.340 e. The molecule has 2 fully saturated rings. The Morgan fingerprint density at radius 1 is 0.875 bits per heavy atom. The van der Waals surface area contributed by atoms with Gasteiger partial charge in [-0.1, -0.05) is 57.2 Å². The van der Waals surface area contributed by atoms with Crippen LogP contribution in [-0.2, 0) is 20.9 Å². The lowest BCUT2D eigenvalue weighted by Crippen LogP contribution is -2.56. The van der Waals surface area contributed by atoms with Crippen LogP contribution in [0.2, 0.25) is 0 Å². The molecule has 3 aromatic carbocycles. The molecule has 2 aliphatic rings. The van der Waals surface area contributed by atoms with E-state index in [1.54, 1.807) is 30.3 Å². The predicted molar refractivity (Wildman–Crippen MR) is 192 cm³/mol. The van der Waals surface area contributed by atoms with Gasteiger partial charge in [-0.3, -0.25) is 19.4 Å². The van der Waals surface area contributed by atoms with Crippen molar-refractivity contribution in [2.24, 2.45) is 22.7 Å². The molecule has 1 aliphatic carbocycles. The molecule has 250 valence electrons. The van der Waals surface area contributed by atoms with E-state index in [2.05, 4.69) is 50.5 Å². The van der Waals surface area contributed by atoms with Gasteiger partial charge in [0.1, 0.15) is 11.7 Å². The summed E-state index contributed by atoms with van der Waals surface area (Å²) in [6.07, 6.45) is 4.54. The Morgan fingerprint density at radius 2 is 1.54 bits per heavy atom. The summed E-state index contributed by atoms with van der Waals surface area (Å²) in [6, 6.07) is 21.3. The molecule has 1 aromatic heterocycles. The quantitative estimate of drug-likeness (QED) is 0.110. The molecule has 0 radical (unpaired) electrons. The molecule has 1 aliphatic heterocycles. The number of rotatable bonds is 8. The first-order valence-corrected chi connectivity index (χ1v) is 17.4. The van der Waals surface area contributed by atoms with Gasteiger partial charge in [0.2, 0.25) is 5.96 Å². The van der Waals surface area contributed by atoms with Crippen molar-refractivity contribution in [3.8, 4) is 0 Å². The SMILES string of the molecule is CCN1C(=O)C(=Cc2ccc3c(c2)c2ccccc2n3CC)C(=O)N(CC)C1=Nc1ccccc1C(=O)OC1CC(C(C)C)CCC1C. The Balaban J connectivity index is 1.33. The molecular formula is C40H46N4O4. The summed E-state index contributed by atoms with van der Waals surface area (Å²) in [5.41, 5.74) is 3.79. The van der Waals surface area contributed by atoms with Gasteiger partial charge in [-0.2, -0.15) is 0 Å². The molecule has 0 N–H and O–H groups in total. The highest BCUT2D eigenvalue weighted by Gasteiger charge is 2.39. The minimum absolute atomic E-state index is 0.0786. The number of nitrogens with zero attached hydrogens (tertiary/aromatic N) is 4. The molecular weight excluding hydrogens is 600 g/mol. The third kappa shape index (κ3) is 6.04. The minimum atomic E-state index is -0.434. The lowest BCUT2D eigenvalue weighted by Gasteiger charge is -2.36. The van der Waals surface area contributed by atoms with E-state index in [4.69, 9.17) is 9.73 Å². The number of aromatic nitrogens is 1. The number of esters is 1. The summed E-state index contributed by atoms with van der Waals surface area (Å²) < 4.78 is 8.39. The van der Waals surface area contributed by atoms with Crippen LogP contribution in [0.5, 0.6) is 0 Å². The molecule has 1 saturated heterocycles. The molecule has 2 amide bonds. The van der Waals surface area contributed by atoms with Crippen LogP contribution in [0.25, 0.3) is 27.9 Å². The zero-order valence-electron chi connectivity index (χ0n) is 28.9. The van der Waals surface area contributed by atoms with Crippen molar-refractivity contribution in [3.63, 3.8) is 0 Å². The number of para-hydroxylation sites is 2. The number of carbonyl (C=O) groups is 3. The van der Waals surface area contributed by atoms with Gasteiger partial charge < -0.3 is 9.30 Å². The maximum absolute atomic E-state index is 14.0. The van der Waals surface area contributed by atoms with Crippen LogP contribution < -0.4 is 0 Å². The van der Waals surface area contributed by atoms with Gasteiger partial charge in [-0.15, -0.1) is 0 Å². The summed E-state index contributed by atoms with van der Waals surface area (Å²) in [6.45, 7) is 13.9. The number of guanidine groups is 1. The molecule has 3 unspecified atom stereocenters. The van der Waals surface area contributed by atoms with Gasteiger partial charge in [0, 0.05) is 41.4 Å². The summed E-state index contributed by atoms with van der Waals surface area (Å²) in [5.74, 6) is 0.263. The number of carbonyl (C=O) groups excluding carboxylic acids is 3. The summed E-state index contributed by atoms with van der Waals surface area (Å²) >= 11 is 0. The van der Waals surface area contributed by atoms with Crippen LogP contribution in [0.1, 0.15) is 76.7 Å². The molecule has 4 aromatic rings. The standard InChI is InChI=1S/C40H46N4O4/c1-7-42-34-17-13-11-14-29(34)31-22-27(19-21-35(31)42)23-32-37(45)43(8-2)40(44(9-3)38(32)46)41-33-16-12-10-15-30(33)39(47)48-36-24-28(25(4)5)20-18-26(36)6/h10-17,19,21-23,25-26,28,36H,7-9,18,20,24H2,1-6H3. The lowest BCUT2D eigenvalue weighted by atomic mass is 9.76. The van der Waals surface area contributed by atoms with E-state index in [0.717, 1.165) is 53.2 Å². The minimum Gasteiger partial charge on any atom is -0.458 e. The number of likely N-dealkylation sites (N-methyl/N-ethyl adjacent to an activating group) is 2. The third-order valence-corrected chi connectivity index (χ3v) is 10.2. The van der Waals surface area contributed by atoms with E-state index in [-0.39, 0.29) is 23.6 Å². The third-order valence-electron chi connectivity index (χ3n) is 10.2. The first-order valence-electron chi connectivity index (χ1n) is 17.4. The Bertz CT molecular complexity index is 1910. The zero-order valence-corrected chi connectivity index (χ0v) is 28.9. The Morgan fingerprint density at radius 3 is 2.23 bits per heavy atom. The number of fused-ring (bicyclic) bond motifs is 3. The predicted octanol–water partition coefficient (Wildman–Crippen LogP) is 8.21. The van der Waals surface area contributed by atoms with Crippen LogP contribution >= 0.6 is 0 Å². The van der Waals surface area contributed by atoms with Gasteiger partial charge in [-0.25, -0.2) is 9.79 Å². The number of benzene rings is 3. The van der Waals surface area contributed by atoms with Gasteiger partial charge in [0.05, 0.1) is 11.3 Å². The highest BCUT2D eigenvalue weighted by atomic mass is 16.5. The van der Waals surface area contributed by atoms with Crippen molar-refractivity contribution >= 4 is 57.3 Å². The molecule has 6 rings (SSSR count). The van der Waals surface area contributed by atoms with E-state index in [1.807, 2.05) is 38.1 Å². The summed E-state index contributed by atoms with van der Waals surface area (Å²) in [5, 5.41) is 2.20. The second-order valence-corrected chi connectivity index (χ2v) is 13.4. The fourth-order valence-corrected chi connectivity index (χ4v) is 7.33. The summed E-state index contributed by atoms with van der Waals surface area (Å²) in [7, 11) is 0. The highest BCUT2D eigenvalue weighted by Crippen LogP contribution is 2.36. The maximum atomic E-state index is 14.0. The van der Waals surface area contributed by atoms with Gasteiger partial charge >= 0.3 is 5.97 Å². The number of hydrogen-bond donors (Lipinski definition) is 0. The van der Waals surface area contributed by atoms with E-state index < -0.39 is 17.8 Å². The van der Waals surface area contributed by atoms with E-state index in [9.17, 15) is 14.4 Å². The molecule has 48 heavy (non-hydrogen) atoms. The maximum Gasteiger partial charge on any atom is 0.340 e. The van der Waals surface area contributed by atoms with Crippen molar-refractivity contribution < 1.29 is 19.1 Å². The Labute approximate surface area is 283 Å². The Kier molecular flexibility index (Phi) is 9.54. The van der Waals surface area contributed by atoms with Crippen LogP contribution in [0.3, 0.4) is 0 Å². The second kappa shape index (κ2) is 13.8. The van der Waals surface area contributed by atoms with Gasteiger partial charge in [0.15, 0.2) is 0 Å². The van der Waals surface area contributed by atoms with Crippen molar-refractivity contribution in [2.45, 2.75) is 73.5 Å². The topological polar surface area (TPSA) is 84.2 Å². The molecule has 2 heterocycles. The van der Waals surface area contributed by atoms with Crippen molar-refractivity contribution in [1.29, 1.82) is 0 Å². The van der Waals surface area contributed by atoms with Gasteiger partial charge in [-0.05, 0) is 99.8 Å². The largest absolute Gasteiger partial charge is 0.458 e. The number of amides is 2. The van der Waals surface area contributed by atoms with Gasteiger partial charge in [0.25, 0.3) is 11.8 Å². The van der Waals surface area contributed by atoms with E-state index in [1.165, 1.54) is 9.80 Å². The molecule has 8 heteroatoms. The van der Waals surface area contributed by atoms with Crippen LogP contribution in [0, 0.1) is 17.8 Å². The van der Waals surface area contributed by atoms with Crippen LogP contribution in [-0.4, -0.2) is 57.3 Å². The number of aliphatic imine (C=N–C) groups is 1. The molecule has 3 atom stereocenters. The number of hydrogen-bond acceptors (Lipinski definition) is 5. The first-order chi connectivity index (χ1) is 23.2.